The zero-order valence-corrected chi connectivity index (χ0v) is 23.7. The summed E-state index contributed by atoms with van der Waals surface area (Å²) in [5.41, 5.74) is 1.77. The molecule has 0 aliphatic heterocycles. The van der Waals surface area contributed by atoms with E-state index in [0.29, 0.717) is 6.54 Å². The summed E-state index contributed by atoms with van der Waals surface area (Å²) in [6.45, 7) is 11.8. The van der Waals surface area contributed by atoms with Crippen LogP contribution in [0.5, 0.6) is 0 Å². The maximum absolute atomic E-state index is 14.4. The van der Waals surface area contributed by atoms with Gasteiger partial charge < -0.3 is 20.3 Å². The molecule has 0 saturated heterocycles. The molecule has 2 N–H and O–H groups in total. The Balaban J connectivity index is 2.02. The molecule has 0 heterocycles. The molecule has 0 aromatic heterocycles. The fraction of sp³-hybridized carbons (Fsp3) is 0.469. The van der Waals surface area contributed by atoms with Gasteiger partial charge in [0.1, 0.15) is 17.7 Å². The molecule has 3 rings (SSSR count). The summed E-state index contributed by atoms with van der Waals surface area (Å²) in [6, 6.07) is 15.3. The molecule has 2 atom stereocenters. The van der Waals surface area contributed by atoms with E-state index in [-0.39, 0.29) is 24.3 Å². The summed E-state index contributed by atoms with van der Waals surface area (Å²) in [5.74, 6) is -0.519. The minimum Gasteiger partial charge on any atom is -0.444 e. The van der Waals surface area contributed by atoms with Crippen molar-refractivity contribution in [3.63, 3.8) is 0 Å². The minimum atomic E-state index is -0.906. The zero-order valence-electron chi connectivity index (χ0n) is 23.7. The van der Waals surface area contributed by atoms with E-state index in [1.807, 2.05) is 54.6 Å². The van der Waals surface area contributed by atoms with Crippen LogP contribution in [-0.4, -0.2) is 47.0 Å². The molecule has 7 heteroatoms. The third-order valence-electron chi connectivity index (χ3n) is 6.81. The molecular weight excluding hydrogens is 490 g/mol. The quantitative estimate of drug-likeness (QED) is 0.337. The third-order valence-corrected chi connectivity index (χ3v) is 6.81. The van der Waals surface area contributed by atoms with Crippen molar-refractivity contribution in [3.05, 3.63) is 77.9 Å². The van der Waals surface area contributed by atoms with Crippen molar-refractivity contribution in [2.75, 3.05) is 6.54 Å². The Hall–Kier alpha value is -3.61. The molecule has 1 aliphatic carbocycles. The standard InChI is InChI=1S/C32H43N3O4/c1-6-8-20-33-29(36)28(25-17-12-16-23(7-2)21-25)35(26-18-13-19-26)30(37)27(22-24-14-10-9-11-15-24)34-31(38)39-32(3,4)5/h7,9-12,14-17,21,26-28H,2,6,8,13,18-20,22H2,1,3-5H3,(H,33,36)(H,34,38). The van der Waals surface area contributed by atoms with Crippen LogP contribution >= 0.6 is 0 Å². The van der Waals surface area contributed by atoms with Gasteiger partial charge in [-0.15, -0.1) is 0 Å². The third kappa shape index (κ3) is 8.70. The van der Waals surface area contributed by atoms with Gasteiger partial charge in [-0.2, -0.15) is 0 Å². The Morgan fingerprint density at radius 1 is 1.10 bits per heavy atom. The molecule has 0 spiro atoms. The maximum Gasteiger partial charge on any atom is 0.408 e. The molecule has 3 amide bonds. The van der Waals surface area contributed by atoms with Gasteiger partial charge in [0.2, 0.25) is 11.8 Å². The largest absolute Gasteiger partial charge is 0.444 e. The number of nitrogens with one attached hydrogen (secondary N) is 2. The molecule has 39 heavy (non-hydrogen) atoms. The number of hydrogen-bond acceptors (Lipinski definition) is 4. The minimum absolute atomic E-state index is 0.106. The van der Waals surface area contributed by atoms with Crippen LogP contribution in [0.2, 0.25) is 0 Å². The Bertz CT molecular complexity index is 1120. The molecule has 210 valence electrons. The van der Waals surface area contributed by atoms with Gasteiger partial charge in [-0.1, -0.05) is 74.5 Å². The van der Waals surface area contributed by atoms with E-state index in [0.717, 1.165) is 48.8 Å². The summed E-state index contributed by atoms with van der Waals surface area (Å²) in [6.07, 6.45) is 5.72. The number of rotatable bonds is 12. The van der Waals surface area contributed by atoms with Crippen LogP contribution in [0.4, 0.5) is 4.79 Å². The second kappa shape index (κ2) is 14.0. The molecular formula is C32H43N3O4. The number of ether oxygens (including phenoxy) is 1. The van der Waals surface area contributed by atoms with Crippen LogP contribution in [0.15, 0.2) is 61.2 Å². The predicted octanol–water partition coefficient (Wildman–Crippen LogP) is 5.80. The lowest BCUT2D eigenvalue weighted by atomic mass is 9.87. The van der Waals surface area contributed by atoms with Crippen molar-refractivity contribution in [2.45, 2.75) is 89.9 Å². The number of hydrogen-bond donors (Lipinski definition) is 2. The van der Waals surface area contributed by atoms with Crippen LogP contribution in [0.1, 0.15) is 82.5 Å². The number of carbonyl (C=O) groups is 3. The van der Waals surface area contributed by atoms with Crippen molar-refractivity contribution in [2.24, 2.45) is 0 Å². The second-order valence-corrected chi connectivity index (χ2v) is 11.1. The highest BCUT2D eigenvalue weighted by Crippen LogP contribution is 2.34. The van der Waals surface area contributed by atoms with Gasteiger partial charge in [0.15, 0.2) is 0 Å². The van der Waals surface area contributed by atoms with Gasteiger partial charge in [0, 0.05) is 19.0 Å². The summed E-state index contributed by atoms with van der Waals surface area (Å²) >= 11 is 0. The first kappa shape index (κ1) is 29.9. The number of carbonyl (C=O) groups excluding carboxylic acids is 3. The van der Waals surface area contributed by atoms with Gasteiger partial charge in [-0.3, -0.25) is 9.59 Å². The van der Waals surface area contributed by atoms with Crippen LogP contribution in [0.25, 0.3) is 6.08 Å². The molecule has 0 bridgehead atoms. The summed E-state index contributed by atoms with van der Waals surface area (Å²) < 4.78 is 5.51. The smallest absolute Gasteiger partial charge is 0.408 e. The van der Waals surface area contributed by atoms with E-state index in [1.54, 1.807) is 31.7 Å². The van der Waals surface area contributed by atoms with E-state index < -0.39 is 23.8 Å². The molecule has 0 radical (unpaired) electrons. The highest BCUT2D eigenvalue weighted by atomic mass is 16.6. The van der Waals surface area contributed by atoms with Crippen LogP contribution in [-0.2, 0) is 20.7 Å². The van der Waals surface area contributed by atoms with E-state index in [2.05, 4.69) is 24.1 Å². The molecule has 1 aliphatic rings. The Labute approximate surface area is 233 Å². The Morgan fingerprint density at radius 3 is 2.41 bits per heavy atom. The zero-order chi connectivity index (χ0) is 28.4. The summed E-state index contributed by atoms with van der Waals surface area (Å²) in [5, 5.41) is 5.87. The number of alkyl carbamates (subject to hydrolysis) is 1. The van der Waals surface area contributed by atoms with Gasteiger partial charge >= 0.3 is 6.09 Å². The average molecular weight is 534 g/mol. The van der Waals surface area contributed by atoms with Crippen molar-refractivity contribution in [1.29, 1.82) is 0 Å². The SMILES string of the molecule is C=Cc1cccc(C(C(=O)NCCCC)N(C(=O)C(Cc2ccccc2)NC(=O)OC(C)(C)C)C2CCC2)c1. The molecule has 2 unspecified atom stereocenters. The fourth-order valence-corrected chi connectivity index (χ4v) is 4.64. The van der Waals surface area contributed by atoms with Gasteiger partial charge in [-0.05, 0) is 69.2 Å². The lowest BCUT2D eigenvalue weighted by Crippen LogP contribution is -2.58. The summed E-state index contributed by atoms with van der Waals surface area (Å²) in [7, 11) is 0. The summed E-state index contributed by atoms with van der Waals surface area (Å²) in [4.78, 5) is 42.8. The van der Waals surface area contributed by atoms with Crippen LogP contribution in [0, 0.1) is 0 Å². The first-order valence-corrected chi connectivity index (χ1v) is 14.0. The van der Waals surface area contributed by atoms with Crippen molar-refractivity contribution >= 4 is 24.0 Å². The van der Waals surface area contributed by atoms with E-state index in [9.17, 15) is 14.4 Å². The first-order valence-electron chi connectivity index (χ1n) is 14.0. The number of benzene rings is 2. The van der Waals surface area contributed by atoms with Crippen molar-refractivity contribution < 1.29 is 19.1 Å². The molecule has 1 fully saturated rings. The predicted molar refractivity (Wildman–Crippen MR) is 155 cm³/mol. The van der Waals surface area contributed by atoms with Crippen LogP contribution in [0.3, 0.4) is 0 Å². The topological polar surface area (TPSA) is 87.7 Å². The van der Waals surface area contributed by atoms with Crippen molar-refractivity contribution in [3.8, 4) is 0 Å². The first-order chi connectivity index (χ1) is 18.6. The van der Waals surface area contributed by atoms with E-state index in [1.165, 1.54) is 0 Å². The van der Waals surface area contributed by atoms with Gasteiger partial charge in [-0.25, -0.2) is 4.79 Å². The molecule has 7 nitrogen and oxygen atoms in total. The van der Waals surface area contributed by atoms with Crippen molar-refractivity contribution in [1.82, 2.24) is 15.5 Å². The molecule has 2 aromatic rings. The average Bonchev–Trinajstić information content (AvgIpc) is 2.86. The normalized spacial score (nSPS) is 14.9. The van der Waals surface area contributed by atoms with E-state index in [4.69, 9.17) is 4.74 Å². The lowest BCUT2D eigenvalue weighted by Gasteiger charge is -2.43. The molecule has 1 saturated carbocycles. The van der Waals surface area contributed by atoms with E-state index >= 15 is 0 Å². The van der Waals surface area contributed by atoms with Gasteiger partial charge in [0.25, 0.3) is 0 Å². The Morgan fingerprint density at radius 2 is 1.82 bits per heavy atom. The molecule has 2 aromatic carbocycles. The monoisotopic (exact) mass is 533 g/mol. The maximum atomic E-state index is 14.4. The highest BCUT2D eigenvalue weighted by Gasteiger charge is 2.42. The second-order valence-electron chi connectivity index (χ2n) is 11.1. The lowest BCUT2D eigenvalue weighted by molar-refractivity contribution is -0.147. The highest BCUT2D eigenvalue weighted by molar-refractivity contribution is 5.92. The number of amides is 3. The van der Waals surface area contributed by atoms with Crippen LogP contribution < -0.4 is 10.6 Å². The number of unbranched alkanes of at least 4 members (excludes halogenated alkanes) is 1. The van der Waals surface area contributed by atoms with Gasteiger partial charge in [0.05, 0.1) is 0 Å². The fourth-order valence-electron chi connectivity index (χ4n) is 4.64. The number of nitrogens with zero attached hydrogens (tertiary/aromatic N) is 1. The Kier molecular flexibility index (Phi) is 10.7.